The van der Waals surface area contributed by atoms with E-state index in [2.05, 4.69) is 10.3 Å². The minimum absolute atomic E-state index is 0.222. The van der Waals surface area contributed by atoms with E-state index in [1.807, 2.05) is 31.2 Å². The molecule has 5 heteroatoms. The molecule has 1 aliphatic heterocycles. The summed E-state index contributed by atoms with van der Waals surface area (Å²) in [5.41, 5.74) is 2.54. The van der Waals surface area contributed by atoms with Crippen molar-refractivity contribution < 1.29 is 9.18 Å². The van der Waals surface area contributed by atoms with Gasteiger partial charge in [0.25, 0.3) is 5.91 Å². The summed E-state index contributed by atoms with van der Waals surface area (Å²) in [5.74, 6) is -0.549. The number of rotatable bonds is 2. The molecule has 1 heterocycles. The first-order valence-corrected chi connectivity index (χ1v) is 7.54. The van der Waals surface area contributed by atoms with E-state index in [1.165, 1.54) is 23.9 Å². The maximum Gasteiger partial charge on any atom is 0.264 e. The number of hydrogen-bond donors (Lipinski definition) is 1. The molecule has 1 fully saturated rings. The van der Waals surface area contributed by atoms with Crippen molar-refractivity contribution in [3.8, 4) is 0 Å². The lowest BCUT2D eigenvalue weighted by atomic mass is 10.2. The number of aryl methyl sites for hydroxylation is 1. The molecule has 3 nitrogen and oxygen atoms in total. The lowest BCUT2D eigenvalue weighted by Crippen LogP contribution is -2.19. The Hall–Kier alpha value is -2.40. The van der Waals surface area contributed by atoms with Crippen LogP contribution in [0.25, 0.3) is 6.08 Å². The van der Waals surface area contributed by atoms with Crippen molar-refractivity contribution in [2.45, 2.75) is 6.92 Å². The Kier molecular flexibility index (Phi) is 4.06. The molecule has 110 valence electrons. The molecule has 0 spiro atoms. The fourth-order valence-corrected chi connectivity index (χ4v) is 2.88. The van der Waals surface area contributed by atoms with Gasteiger partial charge in [-0.2, -0.15) is 0 Å². The molecule has 2 aromatic carbocycles. The number of hydrogen-bond acceptors (Lipinski definition) is 3. The fraction of sp³-hybridized carbons (Fsp3) is 0.0588. The Morgan fingerprint density at radius 2 is 2.00 bits per heavy atom. The maximum atomic E-state index is 13.2. The van der Waals surface area contributed by atoms with Gasteiger partial charge in [-0.25, -0.2) is 9.38 Å². The first kappa shape index (κ1) is 14.5. The number of amides is 1. The lowest BCUT2D eigenvalue weighted by Gasteiger charge is -1.97. The van der Waals surface area contributed by atoms with Gasteiger partial charge in [-0.3, -0.25) is 4.79 Å². The molecule has 2 aromatic rings. The summed E-state index contributed by atoms with van der Waals surface area (Å²) in [6.07, 6.45) is 1.65. The Labute approximate surface area is 132 Å². The molecule has 0 aliphatic carbocycles. The highest BCUT2D eigenvalue weighted by Crippen LogP contribution is 2.28. The molecule has 0 atom stereocenters. The van der Waals surface area contributed by atoms with Crippen molar-refractivity contribution in [3.63, 3.8) is 0 Å². The SMILES string of the molecule is Cc1cccc(N=C2NC(=O)/C(=C/c3cccc(F)c3)S2)c1. The van der Waals surface area contributed by atoms with Gasteiger partial charge in [0.15, 0.2) is 5.17 Å². The van der Waals surface area contributed by atoms with Crippen LogP contribution >= 0.6 is 11.8 Å². The summed E-state index contributed by atoms with van der Waals surface area (Å²) >= 11 is 1.25. The van der Waals surface area contributed by atoms with E-state index in [0.717, 1.165) is 11.3 Å². The van der Waals surface area contributed by atoms with Gasteiger partial charge in [0.2, 0.25) is 0 Å². The number of thioether (sulfide) groups is 1. The Balaban J connectivity index is 1.84. The van der Waals surface area contributed by atoms with Crippen LogP contribution in [0.2, 0.25) is 0 Å². The van der Waals surface area contributed by atoms with Crippen molar-refractivity contribution in [3.05, 3.63) is 70.4 Å². The molecule has 1 amide bonds. The van der Waals surface area contributed by atoms with Crippen molar-refractivity contribution in [1.82, 2.24) is 5.32 Å². The average Bonchev–Trinajstić information content (AvgIpc) is 2.79. The zero-order valence-electron chi connectivity index (χ0n) is 11.8. The standard InChI is InChI=1S/C17H13FN2OS/c1-11-4-2-7-14(8-11)19-17-20-16(21)15(22-17)10-12-5-3-6-13(18)9-12/h2-10H,1H3,(H,19,20,21)/b15-10-. The summed E-state index contributed by atoms with van der Waals surface area (Å²) in [5, 5.41) is 3.24. The smallest absolute Gasteiger partial charge is 0.264 e. The zero-order chi connectivity index (χ0) is 15.5. The topological polar surface area (TPSA) is 41.5 Å². The highest BCUT2D eigenvalue weighted by Gasteiger charge is 2.23. The molecular weight excluding hydrogens is 299 g/mol. The molecule has 0 bridgehead atoms. The Bertz CT molecular complexity index is 799. The second-order valence-corrected chi connectivity index (χ2v) is 5.91. The number of nitrogens with zero attached hydrogens (tertiary/aromatic N) is 1. The number of halogens is 1. The summed E-state index contributed by atoms with van der Waals surface area (Å²) in [6, 6.07) is 13.8. The van der Waals surface area contributed by atoms with Gasteiger partial charge < -0.3 is 5.32 Å². The highest BCUT2D eigenvalue weighted by atomic mass is 32.2. The fourth-order valence-electron chi connectivity index (χ4n) is 2.04. The molecule has 0 radical (unpaired) electrons. The van der Waals surface area contributed by atoms with Gasteiger partial charge in [-0.1, -0.05) is 24.3 Å². The van der Waals surface area contributed by atoms with Crippen LogP contribution < -0.4 is 5.32 Å². The van der Waals surface area contributed by atoms with E-state index in [0.29, 0.717) is 15.6 Å². The number of nitrogens with one attached hydrogen (secondary N) is 1. The number of benzene rings is 2. The van der Waals surface area contributed by atoms with Gasteiger partial charge in [-0.15, -0.1) is 0 Å². The molecule has 3 rings (SSSR count). The van der Waals surface area contributed by atoms with E-state index in [9.17, 15) is 9.18 Å². The van der Waals surface area contributed by atoms with Gasteiger partial charge >= 0.3 is 0 Å². The van der Waals surface area contributed by atoms with Gasteiger partial charge in [0, 0.05) is 0 Å². The number of carbonyl (C=O) groups excluding carboxylic acids is 1. The largest absolute Gasteiger partial charge is 0.300 e. The van der Waals surface area contributed by atoms with Crippen molar-refractivity contribution in [2.24, 2.45) is 4.99 Å². The Morgan fingerprint density at radius 3 is 2.77 bits per heavy atom. The molecule has 0 saturated carbocycles. The lowest BCUT2D eigenvalue weighted by molar-refractivity contribution is -0.115. The zero-order valence-corrected chi connectivity index (χ0v) is 12.7. The third kappa shape index (κ3) is 3.43. The van der Waals surface area contributed by atoms with Crippen LogP contribution in [-0.2, 0) is 4.79 Å². The van der Waals surface area contributed by atoms with Crippen LogP contribution in [0.1, 0.15) is 11.1 Å². The Morgan fingerprint density at radius 1 is 1.18 bits per heavy atom. The minimum atomic E-state index is -0.327. The molecular formula is C17H13FN2OS. The van der Waals surface area contributed by atoms with Crippen molar-refractivity contribution >= 4 is 34.6 Å². The average molecular weight is 312 g/mol. The quantitative estimate of drug-likeness (QED) is 0.851. The van der Waals surface area contributed by atoms with Gasteiger partial charge in [0.05, 0.1) is 10.6 Å². The van der Waals surface area contributed by atoms with Crippen LogP contribution in [0.4, 0.5) is 10.1 Å². The summed E-state index contributed by atoms with van der Waals surface area (Å²) in [7, 11) is 0. The molecule has 22 heavy (non-hydrogen) atoms. The second kappa shape index (κ2) is 6.15. The number of aliphatic imine (C=N–C) groups is 1. The predicted octanol–water partition coefficient (Wildman–Crippen LogP) is 4.03. The van der Waals surface area contributed by atoms with E-state index >= 15 is 0 Å². The number of carbonyl (C=O) groups is 1. The molecule has 0 unspecified atom stereocenters. The van der Waals surface area contributed by atoms with Crippen molar-refractivity contribution in [1.29, 1.82) is 0 Å². The third-order valence-electron chi connectivity index (χ3n) is 3.03. The van der Waals surface area contributed by atoms with E-state index < -0.39 is 0 Å². The second-order valence-electron chi connectivity index (χ2n) is 4.88. The van der Waals surface area contributed by atoms with Crippen LogP contribution in [0.3, 0.4) is 0 Å². The first-order valence-electron chi connectivity index (χ1n) is 6.72. The van der Waals surface area contributed by atoms with Gasteiger partial charge in [0.1, 0.15) is 5.82 Å². The highest BCUT2D eigenvalue weighted by molar-refractivity contribution is 8.18. The van der Waals surface area contributed by atoms with Crippen LogP contribution in [-0.4, -0.2) is 11.1 Å². The van der Waals surface area contributed by atoms with E-state index in [4.69, 9.17) is 0 Å². The molecule has 0 aromatic heterocycles. The van der Waals surface area contributed by atoms with Crippen molar-refractivity contribution in [2.75, 3.05) is 0 Å². The predicted molar refractivity (Wildman–Crippen MR) is 88.4 cm³/mol. The van der Waals surface area contributed by atoms with Crippen LogP contribution in [0.5, 0.6) is 0 Å². The summed E-state index contributed by atoms with van der Waals surface area (Å²) < 4.78 is 13.2. The molecule has 1 saturated heterocycles. The van der Waals surface area contributed by atoms with E-state index in [-0.39, 0.29) is 11.7 Å². The van der Waals surface area contributed by atoms with Gasteiger partial charge in [-0.05, 0) is 60.2 Å². The maximum absolute atomic E-state index is 13.2. The summed E-state index contributed by atoms with van der Waals surface area (Å²) in [6.45, 7) is 1.99. The normalized spacial score (nSPS) is 18.0. The summed E-state index contributed by atoms with van der Waals surface area (Å²) in [4.78, 5) is 16.9. The van der Waals surface area contributed by atoms with E-state index in [1.54, 1.807) is 18.2 Å². The molecule has 1 aliphatic rings. The van der Waals surface area contributed by atoms with Crippen LogP contribution in [0.15, 0.2) is 58.4 Å². The minimum Gasteiger partial charge on any atom is -0.300 e. The molecule has 1 N–H and O–H groups in total. The van der Waals surface area contributed by atoms with Crippen LogP contribution in [0, 0.1) is 12.7 Å². The monoisotopic (exact) mass is 312 g/mol. The third-order valence-corrected chi connectivity index (χ3v) is 3.94. The first-order chi connectivity index (χ1) is 10.6. The number of amidine groups is 1.